The van der Waals surface area contributed by atoms with Gasteiger partial charge in [-0.3, -0.25) is 0 Å². The first-order valence-electron chi connectivity index (χ1n) is 6.67. The van der Waals surface area contributed by atoms with Gasteiger partial charge in [-0.05, 0) is 43.7 Å². The Balaban J connectivity index is 2.34. The van der Waals surface area contributed by atoms with Crippen molar-refractivity contribution in [3.63, 3.8) is 0 Å². The molecule has 0 spiro atoms. The van der Waals surface area contributed by atoms with E-state index in [0.717, 1.165) is 26.9 Å². The molecule has 3 nitrogen and oxygen atoms in total. The number of ether oxygens (including phenoxy) is 1. The zero-order valence-electron chi connectivity index (χ0n) is 12.3. The Morgan fingerprint density at radius 2 is 1.67 bits per heavy atom. The molecule has 0 saturated carbocycles. The molecule has 2 aromatic carbocycles. The molecule has 1 unspecified atom stereocenters. The summed E-state index contributed by atoms with van der Waals surface area (Å²) in [6.45, 7) is 4.04. The first-order valence-corrected chi connectivity index (χ1v) is 7.47. The van der Waals surface area contributed by atoms with Crippen molar-refractivity contribution in [1.29, 1.82) is 0 Å². The lowest BCUT2D eigenvalue weighted by molar-refractivity contribution is -0.141. The van der Waals surface area contributed by atoms with Crippen molar-refractivity contribution in [2.75, 3.05) is 12.4 Å². The summed E-state index contributed by atoms with van der Waals surface area (Å²) in [5, 5.41) is 3.23. The van der Waals surface area contributed by atoms with Gasteiger partial charge in [0, 0.05) is 10.2 Å². The number of anilines is 1. The number of carbonyl (C=O) groups is 1. The van der Waals surface area contributed by atoms with Gasteiger partial charge in [-0.15, -0.1) is 0 Å². The summed E-state index contributed by atoms with van der Waals surface area (Å²) in [5.41, 5.74) is 4.02. The van der Waals surface area contributed by atoms with Crippen LogP contribution in [-0.4, -0.2) is 13.1 Å². The lowest BCUT2D eigenvalue weighted by Crippen LogP contribution is -2.22. The largest absolute Gasteiger partial charge is 0.467 e. The maximum Gasteiger partial charge on any atom is 0.332 e. The van der Waals surface area contributed by atoms with E-state index < -0.39 is 6.04 Å². The van der Waals surface area contributed by atoms with E-state index >= 15 is 0 Å². The van der Waals surface area contributed by atoms with Crippen LogP contribution in [0.25, 0.3) is 0 Å². The molecule has 0 aliphatic rings. The third-order valence-electron chi connectivity index (χ3n) is 3.17. The number of carbonyl (C=O) groups excluding carboxylic acids is 1. The lowest BCUT2D eigenvalue weighted by atomic mass is 10.0. The highest BCUT2D eigenvalue weighted by atomic mass is 79.9. The van der Waals surface area contributed by atoms with E-state index in [0.29, 0.717) is 0 Å². The maximum atomic E-state index is 12.1. The molecular weight excluding hydrogens is 330 g/mol. The lowest BCUT2D eigenvalue weighted by Gasteiger charge is -2.19. The van der Waals surface area contributed by atoms with Gasteiger partial charge in [0.1, 0.15) is 0 Å². The van der Waals surface area contributed by atoms with Gasteiger partial charge in [-0.2, -0.15) is 0 Å². The molecule has 21 heavy (non-hydrogen) atoms. The van der Waals surface area contributed by atoms with E-state index in [4.69, 9.17) is 4.74 Å². The van der Waals surface area contributed by atoms with Crippen LogP contribution in [0, 0.1) is 13.8 Å². The average molecular weight is 348 g/mol. The standard InChI is InChI=1S/C17H18BrNO2/c1-11-8-12(2)10-13(9-11)16(17(20)21-3)19-15-6-4-14(18)5-7-15/h4-10,16,19H,1-3H3. The number of nitrogens with one attached hydrogen (secondary N) is 1. The highest BCUT2D eigenvalue weighted by molar-refractivity contribution is 9.10. The molecule has 2 rings (SSSR count). The number of esters is 1. The van der Waals surface area contributed by atoms with Gasteiger partial charge in [0.2, 0.25) is 0 Å². The van der Waals surface area contributed by atoms with Crippen LogP contribution in [0.4, 0.5) is 5.69 Å². The Morgan fingerprint density at radius 1 is 1.10 bits per heavy atom. The molecular formula is C17H18BrNO2. The number of hydrogen-bond acceptors (Lipinski definition) is 3. The second-order valence-corrected chi connectivity index (χ2v) is 5.94. The smallest absolute Gasteiger partial charge is 0.332 e. The molecule has 0 aliphatic heterocycles. The number of benzene rings is 2. The molecule has 110 valence electrons. The molecule has 0 radical (unpaired) electrons. The first kappa shape index (κ1) is 15.6. The molecule has 1 atom stereocenters. The molecule has 0 fully saturated rings. The van der Waals surface area contributed by atoms with Crippen molar-refractivity contribution in [3.8, 4) is 0 Å². The molecule has 0 bridgehead atoms. The topological polar surface area (TPSA) is 38.3 Å². The summed E-state index contributed by atoms with van der Waals surface area (Å²) in [6, 6.07) is 13.3. The SMILES string of the molecule is COC(=O)C(Nc1ccc(Br)cc1)c1cc(C)cc(C)c1. The minimum Gasteiger partial charge on any atom is -0.467 e. The van der Waals surface area contributed by atoms with Gasteiger partial charge in [-0.25, -0.2) is 4.79 Å². The quantitative estimate of drug-likeness (QED) is 0.833. The number of hydrogen-bond donors (Lipinski definition) is 1. The van der Waals surface area contributed by atoms with E-state index in [1.165, 1.54) is 7.11 Å². The highest BCUT2D eigenvalue weighted by Gasteiger charge is 2.21. The molecule has 0 aromatic heterocycles. The predicted octanol–water partition coefficient (Wildman–Crippen LogP) is 4.39. The van der Waals surface area contributed by atoms with E-state index in [1.807, 2.05) is 50.2 Å². The highest BCUT2D eigenvalue weighted by Crippen LogP contribution is 2.24. The number of rotatable bonds is 4. The molecule has 0 aliphatic carbocycles. The second kappa shape index (κ2) is 6.76. The van der Waals surface area contributed by atoms with Gasteiger partial charge in [-0.1, -0.05) is 45.3 Å². The van der Waals surface area contributed by atoms with Crippen LogP contribution in [0.3, 0.4) is 0 Å². The van der Waals surface area contributed by atoms with Crippen molar-refractivity contribution < 1.29 is 9.53 Å². The Morgan fingerprint density at radius 3 is 2.19 bits per heavy atom. The maximum absolute atomic E-state index is 12.1. The van der Waals surface area contributed by atoms with Crippen molar-refractivity contribution >= 4 is 27.6 Å². The Kier molecular flexibility index (Phi) is 5.02. The van der Waals surface area contributed by atoms with Crippen LogP contribution < -0.4 is 5.32 Å². The number of halogens is 1. The van der Waals surface area contributed by atoms with Crippen LogP contribution in [0.2, 0.25) is 0 Å². The van der Waals surface area contributed by atoms with Crippen LogP contribution in [0.5, 0.6) is 0 Å². The van der Waals surface area contributed by atoms with Gasteiger partial charge in [0.25, 0.3) is 0 Å². The third kappa shape index (κ3) is 4.08. The van der Waals surface area contributed by atoms with E-state index in [2.05, 4.69) is 27.3 Å². The van der Waals surface area contributed by atoms with Crippen LogP contribution in [-0.2, 0) is 9.53 Å². The van der Waals surface area contributed by atoms with Crippen LogP contribution in [0.1, 0.15) is 22.7 Å². The molecule has 2 aromatic rings. The number of methoxy groups -OCH3 is 1. The van der Waals surface area contributed by atoms with Gasteiger partial charge < -0.3 is 10.1 Å². The molecule has 0 saturated heterocycles. The fraction of sp³-hybridized carbons (Fsp3) is 0.235. The van der Waals surface area contributed by atoms with Crippen LogP contribution in [0.15, 0.2) is 46.9 Å². The van der Waals surface area contributed by atoms with E-state index in [1.54, 1.807) is 0 Å². The summed E-state index contributed by atoms with van der Waals surface area (Å²) in [5.74, 6) is -0.303. The summed E-state index contributed by atoms with van der Waals surface area (Å²) < 4.78 is 5.93. The normalized spacial score (nSPS) is 11.8. The predicted molar refractivity (Wildman–Crippen MR) is 88.4 cm³/mol. The fourth-order valence-electron chi connectivity index (χ4n) is 2.29. The van der Waals surface area contributed by atoms with Gasteiger partial charge in [0.05, 0.1) is 7.11 Å². The fourth-order valence-corrected chi connectivity index (χ4v) is 2.55. The third-order valence-corrected chi connectivity index (χ3v) is 3.70. The van der Waals surface area contributed by atoms with Crippen molar-refractivity contribution in [1.82, 2.24) is 0 Å². The van der Waals surface area contributed by atoms with Crippen LogP contribution >= 0.6 is 15.9 Å². The molecule has 4 heteroatoms. The zero-order valence-corrected chi connectivity index (χ0v) is 13.9. The van der Waals surface area contributed by atoms with Crippen molar-refractivity contribution in [2.45, 2.75) is 19.9 Å². The number of aryl methyl sites for hydroxylation is 2. The average Bonchev–Trinajstić information content (AvgIpc) is 2.44. The minimum absolute atomic E-state index is 0.303. The van der Waals surface area contributed by atoms with Gasteiger partial charge >= 0.3 is 5.97 Å². The Labute approximate surface area is 133 Å². The monoisotopic (exact) mass is 347 g/mol. The molecule has 1 N–H and O–H groups in total. The summed E-state index contributed by atoms with van der Waals surface area (Å²) in [6.07, 6.45) is 0. The zero-order chi connectivity index (χ0) is 15.4. The van der Waals surface area contributed by atoms with E-state index in [-0.39, 0.29) is 5.97 Å². The first-order chi connectivity index (χ1) is 9.99. The Hall–Kier alpha value is -1.81. The van der Waals surface area contributed by atoms with Crippen molar-refractivity contribution in [2.24, 2.45) is 0 Å². The Bertz CT molecular complexity index is 617. The molecule has 0 amide bonds. The minimum atomic E-state index is -0.519. The summed E-state index contributed by atoms with van der Waals surface area (Å²) in [7, 11) is 1.40. The van der Waals surface area contributed by atoms with Crippen molar-refractivity contribution in [3.05, 3.63) is 63.6 Å². The van der Waals surface area contributed by atoms with E-state index in [9.17, 15) is 4.79 Å². The summed E-state index contributed by atoms with van der Waals surface area (Å²) in [4.78, 5) is 12.1. The summed E-state index contributed by atoms with van der Waals surface area (Å²) >= 11 is 3.40. The second-order valence-electron chi connectivity index (χ2n) is 5.03. The van der Waals surface area contributed by atoms with Gasteiger partial charge in [0.15, 0.2) is 6.04 Å². The molecule has 0 heterocycles.